The Morgan fingerprint density at radius 2 is 1.75 bits per heavy atom. The molecule has 0 aliphatic carbocycles. The lowest BCUT2D eigenvalue weighted by Crippen LogP contribution is -2.41. The Kier molecular flexibility index (Phi) is 3.57. The Labute approximate surface area is 96.2 Å². The van der Waals surface area contributed by atoms with Crippen molar-refractivity contribution < 1.29 is 4.79 Å². The lowest BCUT2D eigenvalue weighted by molar-refractivity contribution is -0.133. The topological polar surface area (TPSA) is 46.3 Å². The number of piperidine rings is 1. The van der Waals surface area contributed by atoms with Crippen LogP contribution in [0.5, 0.6) is 0 Å². The van der Waals surface area contributed by atoms with E-state index in [2.05, 4.69) is 0 Å². The number of rotatable bonds is 2. The zero-order chi connectivity index (χ0) is 11.4. The van der Waals surface area contributed by atoms with Crippen molar-refractivity contribution in [3.8, 4) is 0 Å². The SMILES string of the molecule is NC(C(=O)N1CCCCC1)c1ccccc1. The molecule has 3 nitrogen and oxygen atoms in total. The van der Waals surface area contributed by atoms with Gasteiger partial charge in [-0.1, -0.05) is 30.3 Å². The molecule has 0 spiro atoms. The number of carbonyl (C=O) groups excluding carboxylic acids is 1. The maximum atomic E-state index is 12.1. The second-order valence-corrected chi connectivity index (χ2v) is 4.27. The minimum Gasteiger partial charge on any atom is -0.341 e. The fourth-order valence-electron chi connectivity index (χ4n) is 2.11. The predicted octanol–water partition coefficient (Wildman–Crippen LogP) is 1.70. The summed E-state index contributed by atoms with van der Waals surface area (Å²) in [7, 11) is 0. The van der Waals surface area contributed by atoms with E-state index in [1.165, 1.54) is 6.42 Å². The number of likely N-dealkylation sites (tertiary alicyclic amines) is 1. The molecule has 0 saturated carbocycles. The molecule has 1 unspecified atom stereocenters. The van der Waals surface area contributed by atoms with Crippen LogP contribution in [0.3, 0.4) is 0 Å². The first-order valence-electron chi connectivity index (χ1n) is 5.88. The molecule has 1 aliphatic rings. The highest BCUT2D eigenvalue weighted by molar-refractivity contribution is 5.83. The Bertz CT molecular complexity index is 344. The van der Waals surface area contributed by atoms with Crippen LogP contribution in [-0.4, -0.2) is 23.9 Å². The van der Waals surface area contributed by atoms with E-state index < -0.39 is 6.04 Å². The van der Waals surface area contributed by atoms with E-state index in [1.807, 2.05) is 35.2 Å². The Morgan fingerprint density at radius 1 is 1.12 bits per heavy atom. The lowest BCUT2D eigenvalue weighted by atomic mass is 10.0. The van der Waals surface area contributed by atoms with Crippen molar-refractivity contribution in [2.24, 2.45) is 5.73 Å². The second kappa shape index (κ2) is 5.12. The average molecular weight is 218 g/mol. The van der Waals surface area contributed by atoms with Crippen LogP contribution in [-0.2, 0) is 4.79 Å². The predicted molar refractivity (Wildman–Crippen MR) is 63.8 cm³/mol. The molecule has 1 atom stereocenters. The number of nitrogens with two attached hydrogens (primary N) is 1. The summed E-state index contributed by atoms with van der Waals surface area (Å²) in [6.45, 7) is 1.72. The summed E-state index contributed by atoms with van der Waals surface area (Å²) in [6.07, 6.45) is 3.44. The maximum Gasteiger partial charge on any atom is 0.244 e. The van der Waals surface area contributed by atoms with Gasteiger partial charge in [0.05, 0.1) is 0 Å². The molecule has 3 heteroatoms. The van der Waals surface area contributed by atoms with Crippen LogP contribution in [0.4, 0.5) is 0 Å². The number of hydrogen-bond donors (Lipinski definition) is 1. The molecule has 86 valence electrons. The Morgan fingerprint density at radius 3 is 2.38 bits per heavy atom. The normalized spacial score (nSPS) is 18.2. The van der Waals surface area contributed by atoms with E-state index in [-0.39, 0.29) is 5.91 Å². The van der Waals surface area contributed by atoms with Gasteiger partial charge in [0.15, 0.2) is 0 Å². The van der Waals surface area contributed by atoms with E-state index in [9.17, 15) is 4.79 Å². The minimum absolute atomic E-state index is 0.0610. The standard InChI is InChI=1S/C13H18N2O/c14-12(11-7-3-1-4-8-11)13(16)15-9-5-2-6-10-15/h1,3-4,7-8,12H,2,5-6,9-10,14H2. The number of carbonyl (C=O) groups is 1. The average Bonchev–Trinajstić information content (AvgIpc) is 2.39. The molecule has 1 aromatic carbocycles. The molecule has 0 aromatic heterocycles. The van der Waals surface area contributed by atoms with Crippen LogP contribution in [0.15, 0.2) is 30.3 Å². The van der Waals surface area contributed by atoms with E-state index in [1.54, 1.807) is 0 Å². The molecular weight excluding hydrogens is 200 g/mol. The summed E-state index contributed by atoms with van der Waals surface area (Å²) < 4.78 is 0. The molecular formula is C13H18N2O. The molecule has 2 rings (SSSR count). The van der Waals surface area contributed by atoms with E-state index in [4.69, 9.17) is 5.73 Å². The molecule has 16 heavy (non-hydrogen) atoms. The zero-order valence-corrected chi connectivity index (χ0v) is 9.43. The summed E-state index contributed by atoms with van der Waals surface area (Å²) in [5.74, 6) is 0.0610. The summed E-state index contributed by atoms with van der Waals surface area (Å²) >= 11 is 0. The largest absolute Gasteiger partial charge is 0.341 e. The van der Waals surface area contributed by atoms with E-state index >= 15 is 0 Å². The Balaban J connectivity index is 2.04. The smallest absolute Gasteiger partial charge is 0.244 e. The van der Waals surface area contributed by atoms with Gasteiger partial charge < -0.3 is 10.6 Å². The van der Waals surface area contributed by atoms with Crippen LogP contribution in [0.25, 0.3) is 0 Å². The first-order chi connectivity index (χ1) is 7.79. The zero-order valence-electron chi connectivity index (χ0n) is 9.43. The second-order valence-electron chi connectivity index (χ2n) is 4.27. The van der Waals surface area contributed by atoms with Crippen molar-refractivity contribution in [2.45, 2.75) is 25.3 Å². The summed E-state index contributed by atoms with van der Waals surface area (Å²) in [4.78, 5) is 14.0. The van der Waals surface area contributed by atoms with Crippen molar-refractivity contribution in [2.75, 3.05) is 13.1 Å². The molecule has 0 radical (unpaired) electrons. The van der Waals surface area contributed by atoms with Crippen molar-refractivity contribution in [1.29, 1.82) is 0 Å². The third-order valence-corrected chi connectivity index (χ3v) is 3.09. The maximum absolute atomic E-state index is 12.1. The summed E-state index contributed by atoms with van der Waals surface area (Å²) in [6, 6.07) is 9.08. The lowest BCUT2D eigenvalue weighted by Gasteiger charge is -2.29. The molecule has 1 aromatic rings. The van der Waals surface area contributed by atoms with Crippen LogP contribution in [0, 0.1) is 0 Å². The van der Waals surface area contributed by atoms with Gasteiger partial charge in [-0.15, -0.1) is 0 Å². The number of hydrogen-bond acceptors (Lipinski definition) is 2. The first-order valence-corrected chi connectivity index (χ1v) is 5.88. The van der Waals surface area contributed by atoms with Crippen molar-refractivity contribution in [1.82, 2.24) is 4.90 Å². The van der Waals surface area contributed by atoms with Gasteiger partial charge in [-0.3, -0.25) is 4.79 Å². The number of amides is 1. The molecule has 2 N–H and O–H groups in total. The van der Waals surface area contributed by atoms with Gasteiger partial charge in [0, 0.05) is 13.1 Å². The summed E-state index contributed by atoms with van der Waals surface area (Å²) in [5, 5.41) is 0. The quantitative estimate of drug-likeness (QED) is 0.821. The monoisotopic (exact) mass is 218 g/mol. The van der Waals surface area contributed by atoms with Gasteiger partial charge in [-0.05, 0) is 24.8 Å². The van der Waals surface area contributed by atoms with E-state index in [0.717, 1.165) is 31.5 Å². The first kappa shape index (κ1) is 11.1. The number of nitrogens with zero attached hydrogens (tertiary/aromatic N) is 1. The number of benzene rings is 1. The third kappa shape index (κ3) is 2.42. The van der Waals surface area contributed by atoms with Crippen molar-refractivity contribution in [3.63, 3.8) is 0 Å². The van der Waals surface area contributed by atoms with Gasteiger partial charge in [-0.2, -0.15) is 0 Å². The van der Waals surface area contributed by atoms with Gasteiger partial charge in [0.2, 0.25) is 5.91 Å². The van der Waals surface area contributed by atoms with Gasteiger partial charge >= 0.3 is 0 Å². The van der Waals surface area contributed by atoms with Gasteiger partial charge in [0.25, 0.3) is 0 Å². The van der Waals surface area contributed by atoms with Crippen LogP contribution in [0.1, 0.15) is 30.9 Å². The molecule has 1 amide bonds. The fourth-order valence-corrected chi connectivity index (χ4v) is 2.11. The fraction of sp³-hybridized carbons (Fsp3) is 0.462. The molecule has 1 aliphatic heterocycles. The summed E-state index contributed by atoms with van der Waals surface area (Å²) in [5.41, 5.74) is 6.88. The van der Waals surface area contributed by atoms with Crippen molar-refractivity contribution in [3.05, 3.63) is 35.9 Å². The Hall–Kier alpha value is -1.35. The van der Waals surface area contributed by atoms with Crippen LogP contribution >= 0.6 is 0 Å². The third-order valence-electron chi connectivity index (χ3n) is 3.09. The van der Waals surface area contributed by atoms with Crippen LogP contribution < -0.4 is 5.73 Å². The van der Waals surface area contributed by atoms with Crippen molar-refractivity contribution >= 4 is 5.91 Å². The minimum atomic E-state index is -0.501. The molecule has 1 heterocycles. The molecule has 1 fully saturated rings. The highest BCUT2D eigenvalue weighted by Crippen LogP contribution is 2.16. The molecule has 1 saturated heterocycles. The highest BCUT2D eigenvalue weighted by atomic mass is 16.2. The van der Waals surface area contributed by atoms with E-state index in [0.29, 0.717) is 0 Å². The van der Waals surface area contributed by atoms with Gasteiger partial charge in [-0.25, -0.2) is 0 Å². The van der Waals surface area contributed by atoms with Crippen LogP contribution in [0.2, 0.25) is 0 Å². The molecule has 0 bridgehead atoms. The highest BCUT2D eigenvalue weighted by Gasteiger charge is 2.23. The van der Waals surface area contributed by atoms with Gasteiger partial charge in [0.1, 0.15) is 6.04 Å².